The van der Waals surface area contributed by atoms with Crippen LogP contribution in [0.2, 0.25) is 0 Å². The third-order valence-corrected chi connectivity index (χ3v) is 3.49. The van der Waals surface area contributed by atoms with Gasteiger partial charge in [-0.25, -0.2) is 4.79 Å². The van der Waals surface area contributed by atoms with Gasteiger partial charge in [-0.05, 0) is 51.3 Å². The Morgan fingerprint density at radius 2 is 1.86 bits per heavy atom. The predicted molar refractivity (Wildman–Crippen MR) is 88.6 cm³/mol. The molecule has 0 bridgehead atoms. The second kappa shape index (κ2) is 8.50. The van der Waals surface area contributed by atoms with Crippen LogP contribution in [-0.2, 0) is 4.74 Å². The second-order valence-corrected chi connectivity index (χ2v) is 7.08. The molecule has 0 saturated carbocycles. The van der Waals surface area contributed by atoms with Crippen LogP contribution in [0, 0.1) is 0 Å². The minimum Gasteiger partial charge on any atom is -0.444 e. The highest BCUT2D eigenvalue weighted by Gasteiger charge is 2.21. The molecule has 6 heteroatoms. The van der Waals surface area contributed by atoms with Crippen LogP contribution in [-0.4, -0.2) is 34.6 Å². The quantitative estimate of drug-likeness (QED) is 0.715. The van der Waals surface area contributed by atoms with Crippen molar-refractivity contribution in [2.24, 2.45) is 0 Å². The first kappa shape index (κ1) is 18.9. The van der Waals surface area contributed by atoms with Gasteiger partial charge < -0.3 is 20.3 Å². The zero-order chi connectivity index (χ0) is 16.8. The summed E-state index contributed by atoms with van der Waals surface area (Å²) >= 11 is 3.37. The lowest BCUT2D eigenvalue weighted by Gasteiger charge is -2.24. The molecule has 22 heavy (non-hydrogen) atoms. The van der Waals surface area contributed by atoms with Crippen molar-refractivity contribution in [2.75, 3.05) is 6.61 Å². The maximum atomic E-state index is 12.0. The Balaban J connectivity index is 2.77. The van der Waals surface area contributed by atoms with Gasteiger partial charge in [0.25, 0.3) is 0 Å². The van der Waals surface area contributed by atoms with Crippen molar-refractivity contribution in [3.8, 4) is 0 Å². The Morgan fingerprint density at radius 3 is 2.36 bits per heavy atom. The number of carbonyl (C=O) groups is 1. The SMILES string of the molecule is CC(C)(C)OC(=O)N[C@H](CCC(O)CO)c1ccc(Br)cc1. The van der Waals surface area contributed by atoms with Crippen LogP contribution in [0.1, 0.15) is 45.2 Å². The molecule has 0 aromatic heterocycles. The molecule has 0 heterocycles. The molecule has 3 N–H and O–H groups in total. The monoisotopic (exact) mass is 373 g/mol. The predicted octanol–water partition coefficient (Wildman–Crippen LogP) is 3.15. The molecule has 1 rings (SSSR count). The van der Waals surface area contributed by atoms with Crippen molar-refractivity contribution in [2.45, 2.75) is 51.4 Å². The van der Waals surface area contributed by atoms with Crippen LogP contribution in [0.25, 0.3) is 0 Å². The average molecular weight is 374 g/mol. The highest BCUT2D eigenvalue weighted by molar-refractivity contribution is 9.10. The van der Waals surface area contributed by atoms with Crippen molar-refractivity contribution in [3.05, 3.63) is 34.3 Å². The third kappa shape index (κ3) is 7.24. The summed E-state index contributed by atoms with van der Waals surface area (Å²) in [6.07, 6.45) is -0.410. The number of rotatable bonds is 6. The summed E-state index contributed by atoms with van der Waals surface area (Å²) in [6, 6.07) is 7.29. The first-order chi connectivity index (χ1) is 10.2. The summed E-state index contributed by atoms with van der Waals surface area (Å²) < 4.78 is 6.22. The van der Waals surface area contributed by atoms with Crippen molar-refractivity contribution in [1.29, 1.82) is 0 Å². The summed E-state index contributed by atoms with van der Waals surface area (Å²) in [5, 5.41) is 21.3. The van der Waals surface area contributed by atoms with E-state index in [4.69, 9.17) is 9.84 Å². The summed E-state index contributed by atoms with van der Waals surface area (Å²) in [7, 11) is 0. The normalized spacial score (nSPS) is 14.3. The molecule has 0 aliphatic heterocycles. The number of amides is 1. The molecule has 0 saturated heterocycles. The van der Waals surface area contributed by atoms with E-state index in [0.29, 0.717) is 12.8 Å². The van der Waals surface area contributed by atoms with Gasteiger partial charge >= 0.3 is 6.09 Å². The Labute approximate surface area is 139 Å². The molecule has 0 spiro atoms. The van der Waals surface area contributed by atoms with Gasteiger partial charge in [-0.2, -0.15) is 0 Å². The maximum absolute atomic E-state index is 12.0. The molecule has 0 aliphatic rings. The van der Waals surface area contributed by atoms with Crippen LogP contribution >= 0.6 is 15.9 Å². The van der Waals surface area contributed by atoms with Crippen molar-refractivity contribution < 1.29 is 19.7 Å². The van der Waals surface area contributed by atoms with E-state index in [1.807, 2.05) is 24.3 Å². The van der Waals surface area contributed by atoms with E-state index in [2.05, 4.69) is 21.2 Å². The molecule has 1 aromatic rings. The summed E-state index contributed by atoms with van der Waals surface area (Å²) in [5.41, 5.74) is 0.345. The van der Waals surface area contributed by atoms with Crippen molar-refractivity contribution in [3.63, 3.8) is 0 Å². The lowest BCUT2D eigenvalue weighted by molar-refractivity contribution is 0.0484. The maximum Gasteiger partial charge on any atom is 0.408 e. The van der Waals surface area contributed by atoms with Crippen LogP contribution < -0.4 is 5.32 Å². The number of alkyl carbamates (subject to hydrolysis) is 1. The molecular weight excluding hydrogens is 350 g/mol. The largest absolute Gasteiger partial charge is 0.444 e. The first-order valence-corrected chi connectivity index (χ1v) is 8.04. The van der Waals surface area contributed by atoms with Gasteiger partial charge in [0.2, 0.25) is 0 Å². The Hall–Kier alpha value is -1.11. The van der Waals surface area contributed by atoms with Crippen molar-refractivity contribution >= 4 is 22.0 Å². The van der Waals surface area contributed by atoms with Crippen LogP contribution in [0.15, 0.2) is 28.7 Å². The molecule has 0 aliphatic carbocycles. The number of benzene rings is 1. The standard InChI is InChI=1S/C16H24BrNO4/c1-16(2,3)22-15(21)18-14(9-8-13(20)10-19)11-4-6-12(17)7-5-11/h4-7,13-14,19-20H,8-10H2,1-3H3,(H,18,21)/t13?,14-/m1/s1. The Bertz CT molecular complexity index is 470. The van der Waals surface area contributed by atoms with E-state index in [1.165, 1.54) is 0 Å². The van der Waals surface area contributed by atoms with E-state index in [-0.39, 0.29) is 12.6 Å². The van der Waals surface area contributed by atoms with E-state index < -0.39 is 17.8 Å². The zero-order valence-corrected chi connectivity index (χ0v) is 14.8. The van der Waals surface area contributed by atoms with Gasteiger partial charge in [-0.1, -0.05) is 28.1 Å². The van der Waals surface area contributed by atoms with Crippen LogP contribution in [0.3, 0.4) is 0 Å². The van der Waals surface area contributed by atoms with Gasteiger partial charge in [0.05, 0.1) is 18.8 Å². The van der Waals surface area contributed by atoms with E-state index >= 15 is 0 Å². The fourth-order valence-corrected chi connectivity index (χ4v) is 2.18. The summed E-state index contributed by atoms with van der Waals surface area (Å²) in [4.78, 5) is 12.0. The molecule has 0 fully saturated rings. The number of ether oxygens (including phenoxy) is 1. The smallest absolute Gasteiger partial charge is 0.408 e. The van der Waals surface area contributed by atoms with Crippen LogP contribution in [0.5, 0.6) is 0 Å². The number of hydrogen-bond acceptors (Lipinski definition) is 4. The molecular formula is C16H24BrNO4. The number of hydrogen-bond donors (Lipinski definition) is 3. The number of aliphatic hydroxyl groups is 2. The van der Waals surface area contributed by atoms with E-state index in [1.54, 1.807) is 20.8 Å². The lowest BCUT2D eigenvalue weighted by Crippen LogP contribution is -2.35. The Kier molecular flexibility index (Phi) is 7.32. The summed E-state index contributed by atoms with van der Waals surface area (Å²) in [5.74, 6) is 0. The number of carbonyl (C=O) groups excluding carboxylic acids is 1. The molecule has 1 aromatic carbocycles. The molecule has 1 amide bonds. The second-order valence-electron chi connectivity index (χ2n) is 6.16. The average Bonchev–Trinajstić information content (AvgIpc) is 2.42. The molecule has 0 radical (unpaired) electrons. The fraction of sp³-hybridized carbons (Fsp3) is 0.562. The number of aliphatic hydroxyl groups excluding tert-OH is 2. The van der Waals surface area contributed by atoms with Crippen LogP contribution in [0.4, 0.5) is 4.79 Å². The highest BCUT2D eigenvalue weighted by atomic mass is 79.9. The molecule has 5 nitrogen and oxygen atoms in total. The van der Waals surface area contributed by atoms with Gasteiger partial charge in [-0.3, -0.25) is 0 Å². The van der Waals surface area contributed by atoms with Gasteiger partial charge in [0.1, 0.15) is 5.60 Å². The first-order valence-electron chi connectivity index (χ1n) is 7.25. The van der Waals surface area contributed by atoms with Gasteiger partial charge in [-0.15, -0.1) is 0 Å². The van der Waals surface area contributed by atoms with Gasteiger partial charge in [0.15, 0.2) is 0 Å². The topological polar surface area (TPSA) is 78.8 Å². The molecule has 2 atom stereocenters. The van der Waals surface area contributed by atoms with E-state index in [9.17, 15) is 9.90 Å². The number of nitrogens with one attached hydrogen (secondary N) is 1. The fourth-order valence-electron chi connectivity index (χ4n) is 1.92. The van der Waals surface area contributed by atoms with Crippen molar-refractivity contribution in [1.82, 2.24) is 5.32 Å². The number of halogens is 1. The lowest BCUT2D eigenvalue weighted by atomic mass is 10.0. The Morgan fingerprint density at radius 1 is 1.27 bits per heavy atom. The molecule has 124 valence electrons. The zero-order valence-electron chi connectivity index (χ0n) is 13.2. The third-order valence-electron chi connectivity index (χ3n) is 2.96. The molecule has 1 unspecified atom stereocenters. The summed E-state index contributed by atoms with van der Waals surface area (Å²) in [6.45, 7) is 5.11. The van der Waals surface area contributed by atoms with E-state index in [0.717, 1.165) is 10.0 Å². The minimum atomic E-state index is -0.793. The van der Waals surface area contributed by atoms with Gasteiger partial charge in [0, 0.05) is 4.47 Å². The minimum absolute atomic E-state index is 0.288. The highest BCUT2D eigenvalue weighted by Crippen LogP contribution is 2.22.